The van der Waals surface area contributed by atoms with E-state index in [-0.39, 0.29) is 29.6 Å². The predicted molar refractivity (Wildman–Crippen MR) is 153 cm³/mol. The molecule has 20 N–H and O–H groups in total. The molecule has 16 atom stereocenters. The first-order valence-electron chi connectivity index (χ1n) is 14.4. The van der Waals surface area contributed by atoms with Crippen molar-refractivity contribution in [1.82, 2.24) is 0 Å². The second kappa shape index (κ2) is 28.3. The zero-order valence-corrected chi connectivity index (χ0v) is 32.3. The van der Waals surface area contributed by atoms with E-state index < -0.39 is 169 Å². The smallest absolute Gasteiger partial charge is 1.00 e. The summed E-state index contributed by atoms with van der Waals surface area (Å²) in [5, 5.41) is 195. The Kier molecular flexibility index (Phi) is 30.0. The third-order valence-electron chi connectivity index (χ3n) is 6.48. The first-order valence-corrected chi connectivity index (χ1v) is 17.5. The van der Waals surface area contributed by atoms with E-state index in [9.17, 15) is 85.6 Å². The number of aliphatic hydroxyl groups is 20. The Bertz CT molecular complexity index is 993. The zero-order valence-electron chi connectivity index (χ0n) is 27.7. The number of carbonyl (C=O) groups is 4. The summed E-state index contributed by atoms with van der Waals surface area (Å²) < 4.78 is 13.4. The summed E-state index contributed by atoms with van der Waals surface area (Å²) in [6, 6.07) is 0. The molecule has 0 radical (unpaired) electrons. The van der Waals surface area contributed by atoms with E-state index in [1.54, 1.807) is 0 Å². The normalized spacial score (nSPS) is 20.5. The summed E-state index contributed by atoms with van der Waals surface area (Å²) in [6.07, 6.45) is -37.5. The van der Waals surface area contributed by atoms with Gasteiger partial charge < -0.3 is 35.4 Å². The van der Waals surface area contributed by atoms with Crippen LogP contribution in [0.1, 0.15) is 0 Å². The molecule has 0 rings (SSSR count). The van der Waals surface area contributed by atoms with E-state index in [0.29, 0.717) is 0 Å². The van der Waals surface area contributed by atoms with Gasteiger partial charge in [-0.25, -0.2) is 0 Å². The van der Waals surface area contributed by atoms with Crippen LogP contribution < -0.4 is 34.7 Å². The standard InChI is InChI=1S/4C6H12O7.Na.Sb/c4*7-1-2(8)3(9)4(10)5(11)6(12)13;;/h4*2-5,7-11H,1H2,(H,12,13);;/q;;;;+1;+3/p-4/t4*2-,3-,4+,5-;;/m0000../s1. The predicted octanol–water partition coefficient (Wildman–Crippen LogP) is -18.9. The topological polar surface area (TPSA) is 524 Å². The van der Waals surface area contributed by atoms with Crippen molar-refractivity contribution < 1.29 is 165 Å². The van der Waals surface area contributed by atoms with Gasteiger partial charge in [0.25, 0.3) is 0 Å². The van der Waals surface area contributed by atoms with Crippen molar-refractivity contribution in [2.75, 3.05) is 26.4 Å². The van der Waals surface area contributed by atoms with Gasteiger partial charge in [-0.3, -0.25) is 0 Å². The van der Waals surface area contributed by atoms with Gasteiger partial charge in [-0.1, -0.05) is 0 Å². The van der Waals surface area contributed by atoms with Crippen molar-refractivity contribution in [3.8, 4) is 0 Å². The van der Waals surface area contributed by atoms with Crippen LogP contribution in [0.5, 0.6) is 0 Å². The Morgan fingerprint density at radius 1 is 0.389 bits per heavy atom. The van der Waals surface area contributed by atoms with Gasteiger partial charge in [-0.15, -0.1) is 0 Å². The molecule has 0 aliphatic rings. The van der Waals surface area contributed by atoms with Gasteiger partial charge in [-0.05, 0) is 0 Å². The molecular weight excluding hydrogens is 881 g/mol. The Morgan fingerprint density at radius 2 is 0.574 bits per heavy atom. The fourth-order valence-corrected chi connectivity index (χ4v) is 5.59. The third kappa shape index (κ3) is 18.4. The minimum atomic E-state index is -5.39. The van der Waals surface area contributed by atoms with Gasteiger partial charge in [-0.2, -0.15) is 0 Å². The van der Waals surface area contributed by atoms with Gasteiger partial charge in [0.05, 0.1) is 12.6 Å². The fourth-order valence-electron chi connectivity index (χ4n) is 3.09. The van der Waals surface area contributed by atoms with Gasteiger partial charge in [0.15, 0.2) is 0 Å². The molecule has 0 heterocycles. The van der Waals surface area contributed by atoms with Crippen molar-refractivity contribution in [2.24, 2.45) is 0 Å². The van der Waals surface area contributed by atoms with E-state index in [4.69, 9.17) is 40.9 Å². The van der Waals surface area contributed by atoms with Crippen molar-refractivity contribution in [3.63, 3.8) is 0 Å². The van der Waals surface area contributed by atoms with Gasteiger partial charge in [0.1, 0.15) is 24.4 Å². The maximum Gasteiger partial charge on any atom is 1.00 e. The van der Waals surface area contributed by atoms with Crippen LogP contribution in [-0.4, -0.2) is 272 Å². The minimum Gasteiger partial charge on any atom is 1.00 e. The van der Waals surface area contributed by atoms with Crippen LogP contribution >= 0.6 is 0 Å². The molecule has 0 bridgehead atoms. The molecule has 0 saturated heterocycles. The van der Waals surface area contributed by atoms with E-state index in [2.05, 4.69) is 9.05 Å². The number of hydrogen-bond donors (Lipinski definition) is 20. The first kappa shape index (κ1) is 57.2. The van der Waals surface area contributed by atoms with Crippen LogP contribution in [0.15, 0.2) is 0 Å². The maximum atomic E-state index is 12.2. The van der Waals surface area contributed by atoms with E-state index in [1.165, 1.54) is 0 Å². The van der Waals surface area contributed by atoms with E-state index in [1.807, 2.05) is 0 Å². The van der Waals surface area contributed by atoms with Gasteiger partial charge in [0.2, 0.25) is 0 Å². The van der Waals surface area contributed by atoms with Crippen LogP contribution in [-0.2, 0) is 28.2 Å². The number of carboxylic acid groups (broad SMARTS) is 1. The molecule has 28 nitrogen and oxygen atoms in total. The second-order valence-electron chi connectivity index (χ2n) is 10.5. The first-order chi connectivity index (χ1) is 24.4. The van der Waals surface area contributed by atoms with Crippen LogP contribution in [0.2, 0.25) is 0 Å². The van der Waals surface area contributed by atoms with Crippen molar-refractivity contribution in [2.45, 2.75) is 97.7 Å². The Hall–Kier alpha value is -1.10. The summed E-state index contributed by atoms with van der Waals surface area (Å²) in [4.78, 5) is 46.6. The average molecular weight is 925 g/mol. The van der Waals surface area contributed by atoms with Crippen LogP contribution in [0.4, 0.5) is 0 Å². The minimum absolute atomic E-state index is 0. The Labute approximate surface area is 333 Å². The molecule has 54 heavy (non-hydrogen) atoms. The molecule has 0 aliphatic heterocycles. The van der Waals surface area contributed by atoms with Crippen molar-refractivity contribution in [1.29, 1.82) is 0 Å². The Balaban J connectivity index is -0.00000157. The van der Waals surface area contributed by atoms with Crippen molar-refractivity contribution in [3.05, 3.63) is 0 Å². The number of rotatable bonds is 23. The fraction of sp³-hybridized carbons (Fsp3) is 0.833. The maximum absolute atomic E-state index is 12.2. The molecule has 0 aromatic rings. The van der Waals surface area contributed by atoms with Gasteiger partial charge in [0, 0.05) is 0 Å². The second-order valence-corrected chi connectivity index (χ2v) is 13.3. The van der Waals surface area contributed by atoms with Gasteiger partial charge >= 0.3 is 262 Å². The molecule has 0 amide bonds. The molecule has 0 fully saturated rings. The molecule has 0 aromatic carbocycles. The summed E-state index contributed by atoms with van der Waals surface area (Å²) in [5.41, 5.74) is 0. The Morgan fingerprint density at radius 3 is 0.741 bits per heavy atom. The van der Waals surface area contributed by atoms with Crippen LogP contribution in [0.25, 0.3) is 0 Å². The quantitative estimate of drug-likeness (QED) is 0.0423. The number of aliphatic hydroxyl groups excluding tert-OH is 20. The van der Waals surface area contributed by atoms with E-state index >= 15 is 0 Å². The molecule has 30 heteroatoms. The molecule has 0 aliphatic carbocycles. The zero-order chi connectivity index (χ0) is 42.1. The number of carbonyl (C=O) groups excluding carboxylic acids is 4. The number of carboxylic acids is 1. The molecule has 0 aromatic heterocycles. The molecule has 0 unspecified atom stereocenters. The molecule has 0 spiro atoms. The molecule has 0 saturated carbocycles. The van der Waals surface area contributed by atoms with E-state index in [0.717, 1.165) is 0 Å². The van der Waals surface area contributed by atoms with Crippen molar-refractivity contribution >= 4 is 45.3 Å². The monoisotopic (exact) mass is 924 g/mol. The molecular formula is C24H44NaO28Sb. The summed E-state index contributed by atoms with van der Waals surface area (Å²) in [7, 11) is 0. The average Bonchev–Trinajstić information content (AvgIpc) is 3.15. The molecule has 314 valence electrons. The SMILES string of the molecule is O=C([O-])[C@@H](O)[C@H](O)[C@@H](O)[C@@H](O)CO.O=C([O][Sb]([O]C(=O)[C@@H](O)[C@H](O)[C@@H](O)[C@@H](O)CO)[O]C(=O)[C@@H](O)[C@H](O)[C@@H](O)[C@@H](O)CO)[C@@H](O)[C@H](O)[C@@H](O)[C@@H](O)CO.[Na+]. The number of hydrogen-bond acceptors (Lipinski definition) is 28. The number of aliphatic carboxylic acids is 1. The van der Waals surface area contributed by atoms with Crippen LogP contribution in [0.3, 0.4) is 0 Å². The summed E-state index contributed by atoms with van der Waals surface area (Å²) in [6.45, 7) is -4.31. The van der Waals surface area contributed by atoms with Crippen LogP contribution in [0, 0.1) is 0 Å². The third-order valence-corrected chi connectivity index (χ3v) is 9.30. The largest absolute Gasteiger partial charge is 1.00 e. The summed E-state index contributed by atoms with van der Waals surface area (Å²) >= 11 is -5.39. The summed E-state index contributed by atoms with van der Waals surface area (Å²) in [5.74, 6) is -8.07.